The van der Waals surface area contributed by atoms with Gasteiger partial charge in [0.25, 0.3) is 0 Å². The van der Waals surface area contributed by atoms with Crippen LogP contribution in [0.2, 0.25) is 0 Å². The number of hydrogen-bond donors (Lipinski definition) is 0. The minimum Gasteiger partial charge on any atom is -0.497 e. The first-order valence-electron chi connectivity index (χ1n) is 9.07. The minimum absolute atomic E-state index is 0.192. The standard InChI is InChI=1S/C19H31N3O2/c1-4-21(5-2)19(23)22-15-13-20(14-16-22)12-6-7-17-8-10-18(24-3)11-9-17/h8-11H,4-7,12-16H2,1-3H3. The van der Waals surface area contributed by atoms with E-state index in [0.29, 0.717) is 0 Å². The highest BCUT2D eigenvalue weighted by molar-refractivity contribution is 5.74. The van der Waals surface area contributed by atoms with Gasteiger partial charge in [0.1, 0.15) is 5.75 Å². The van der Waals surface area contributed by atoms with E-state index in [2.05, 4.69) is 17.0 Å². The number of piperazine rings is 1. The molecule has 0 N–H and O–H groups in total. The molecule has 0 unspecified atom stereocenters. The lowest BCUT2D eigenvalue weighted by Crippen LogP contribution is -2.52. The number of nitrogens with zero attached hydrogens (tertiary/aromatic N) is 3. The van der Waals surface area contributed by atoms with E-state index in [9.17, 15) is 4.79 Å². The molecule has 0 aromatic heterocycles. The molecule has 0 bridgehead atoms. The zero-order valence-electron chi connectivity index (χ0n) is 15.3. The van der Waals surface area contributed by atoms with Crippen LogP contribution in [0.15, 0.2) is 24.3 Å². The van der Waals surface area contributed by atoms with Gasteiger partial charge in [0.2, 0.25) is 0 Å². The van der Waals surface area contributed by atoms with Gasteiger partial charge in [-0.3, -0.25) is 4.90 Å². The summed E-state index contributed by atoms with van der Waals surface area (Å²) >= 11 is 0. The Hall–Kier alpha value is -1.75. The molecule has 1 aromatic carbocycles. The van der Waals surface area contributed by atoms with Crippen LogP contribution in [-0.4, -0.2) is 73.7 Å². The smallest absolute Gasteiger partial charge is 0.320 e. The van der Waals surface area contributed by atoms with Crippen molar-refractivity contribution in [3.05, 3.63) is 29.8 Å². The van der Waals surface area contributed by atoms with Crippen molar-refractivity contribution in [2.45, 2.75) is 26.7 Å². The molecule has 0 radical (unpaired) electrons. The van der Waals surface area contributed by atoms with Crippen molar-refractivity contribution < 1.29 is 9.53 Å². The molecule has 2 rings (SSSR count). The fourth-order valence-corrected chi connectivity index (χ4v) is 3.16. The summed E-state index contributed by atoms with van der Waals surface area (Å²) in [4.78, 5) is 18.7. The molecule has 1 aromatic rings. The molecule has 5 nitrogen and oxygen atoms in total. The average molecular weight is 333 g/mol. The van der Waals surface area contributed by atoms with Crippen LogP contribution in [0.5, 0.6) is 5.75 Å². The summed E-state index contributed by atoms with van der Waals surface area (Å²) < 4.78 is 5.19. The summed E-state index contributed by atoms with van der Waals surface area (Å²) in [6.45, 7) is 10.4. The van der Waals surface area contributed by atoms with Crippen molar-refractivity contribution in [2.75, 3.05) is 52.9 Å². The largest absolute Gasteiger partial charge is 0.497 e. The maximum Gasteiger partial charge on any atom is 0.320 e. The maximum atomic E-state index is 12.3. The summed E-state index contributed by atoms with van der Waals surface area (Å²) in [7, 11) is 1.69. The topological polar surface area (TPSA) is 36.0 Å². The van der Waals surface area contributed by atoms with E-state index >= 15 is 0 Å². The molecule has 24 heavy (non-hydrogen) atoms. The van der Waals surface area contributed by atoms with Gasteiger partial charge in [-0.15, -0.1) is 0 Å². The van der Waals surface area contributed by atoms with E-state index < -0.39 is 0 Å². The van der Waals surface area contributed by atoms with Gasteiger partial charge < -0.3 is 14.5 Å². The van der Waals surface area contributed by atoms with Gasteiger partial charge in [-0.2, -0.15) is 0 Å². The van der Waals surface area contributed by atoms with Crippen LogP contribution in [0.3, 0.4) is 0 Å². The highest BCUT2D eigenvalue weighted by Crippen LogP contribution is 2.13. The minimum atomic E-state index is 0.192. The van der Waals surface area contributed by atoms with Crippen LogP contribution in [0, 0.1) is 0 Å². The van der Waals surface area contributed by atoms with Crippen molar-refractivity contribution in [1.29, 1.82) is 0 Å². The zero-order chi connectivity index (χ0) is 17.4. The predicted molar refractivity (Wildman–Crippen MR) is 97.6 cm³/mol. The normalized spacial score (nSPS) is 15.4. The Morgan fingerprint density at radius 1 is 1.08 bits per heavy atom. The third-order valence-corrected chi connectivity index (χ3v) is 4.78. The van der Waals surface area contributed by atoms with Crippen molar-refractivity contribution in [3.63, 3.8) is 0 Å². The summed E-state index contributed by atoms with van der Waals surface area (Å²) in [5, 5.41) is 0. The number of ether oxygens (including phenoxy) is 1. The number of amides is 2. The van der Waals surface area contributed by atoms with Gasteiger partial charge in [0.15, 0.2) is 0 Å². The van der Waals surface area contributed by atoms with E-state index in [1.807, 2.05) is 35.8 Å². The van der Waals surface area contributed by atoms with Gasteiger partial charge in [-0.1, -0.05) is 12.1 Å². The molecule has 0 aliphatic carbocycles. The van der Waals surface area contributed by atoms with Gasteiger partial charge in [0.05, 0.1) is 7.11 Å². The third kappa shape index (κ3) is 5.13. The predicted octanol–water partition coefficient (Wildman–Crippen LogP) is 2.71. The molecule has 5 heteroatoms. The highest BCUT2D eigenvalue weighted by atomic mass is 16.5. The molecule has 134 valence electrons. The molecule has 1 heterocycles. The first-order valence-corrected chi connectivity index (χ1v) is 9.07. The number of urea groups is 1. The summed E-state index contributed by atoms with van der Waals surface area (Å²) in [5.41, 5.74) is 1.35. The number of carbonyl (C=O) groups excluding carboxylic acids is 1. The zero-order valence-corrected chi connectivity index (χ0v) is 15.3. The Bertz CT molecular complexity index is 492. The van der Waals surface area contributed by atoms with Gasteiger partial charge >= 0.3 is 6.03 Å². The van der Waals surface area contributed by atoms with Gasteiger partial charge in [0, 0.05) is 39.3 Å². The summed E-state index contributed by atoms with van der Waals surface area (Å²) in [6.07, 6.45) is 2.24. The monoisotopic (exact) mass is 333 g/mol. The molecule has 0 atom stereocenters. The van der Waals surface area contributed by atoms with Crippen molar-refractivity contribution >= 4 is 6.03 Å². The Morgan fingerprint density at radius 2 is 1.71 bits per heavy atom. The van der Waals surface area contributed by atoms with Crippen LogP contribution in [0.1, 0.15) is 25.8 Å². The number of aryl methyl sites for hydroxylation is 1. The van der Waals surface area contributed by atoms with E-state index in [1.54, 1.807) is 7.11 Å². The van der Waals surface area contributed by atoms with Crippen molar-refractivity contribution in [1.82, 2.24) is 14.7 Å². The molecular weight excluding hydrogens is 302 g/mol. The second-order valence-corrected chi connectivity index (χ2v) is 6.24. The second-order valence-electron chi connectivity index (χ2n) is 6.24. The van der Waals surface area contributed by atoms with Crippen molar-refractivity contribution in [2.24, 2.45) is 0 Å². The third-order valence-electron chi connectivity index (χ3n) is 4.78. The SMILES string of the molecule is CCN(CC)C(=O)N1CCN(CCCc2ccc(OC)cc2)CC1. The lowest BCUT2D eigenvalue weighted by Gasteiger charge is -2.37. The average Bonchev–Trinajstić information content (AvgIpc) is 2.64. The number of carbonyl (C=O) groups is 1. The summed E-state index contributed by atoms with van der Waals surface area (Å²) in [6, 6.07) is 8.51. The van der Waals surface area contributed by atoms with Crippen LogP contribution < -0.4 is 4.74 Å². The molecule has 1 saturated heterocycles. The van der Waals surface area contributed by atoms with E-state index in [1.165, 1.54) is 5.56 Å². The van der Waals surface area contributed by atoms with Gasteiger partial charge in [-0.25, -0.2) is 4.79 Å². The fourth-order valence-electron chi connectivity index (χ4n) is 3.16. The first-order chi connectivity index (χ1) is 11.7. The van der Waals surface area contributed by atoms with Crippen LogP contribution in [0.25, 0.3) is 0 Å². The highest BCUT2D eigenvalue weighted by Gasteiger charge is 2.23. The van der Waals surface area contributed by atoms with Gasteiger partial charge in [-0.05, 0) is 50.9 Å². The number of rotatable bonds is 7. The number of hydrogen-bond acceptors (Lipinski definition) is 3. The molecule has 2 amide bonds. The van der Waals surface area contributed by atoms with Crippen LogP contribution in [-0.2, 0) is 6.42 Å². The number of benzene rings is 1. The lowest BCUT2D eigenvalue weighted by atomic mass is 10.1. The molecule has 1 aliphatic heterocycles. The van der Waals surface area contributed by atoms with E-state index in [4.69, 9.17) is 4.74 Å². The summed E-state index contributed by atoms with van der Waals surface area (Å²) in [5.74, 6) is 0.910. The first kappa shape index (κ1) is 18.6. The maximum absolute atomic E-state index is 12.3. The number of methoxy groups -OCH3 is 1. The Balaban J connectivity index is 1.68. The van der Waals surface area contributed by atoms with E-state index in [-0.39, 0.29) is 6.03 Å². The fraction of sp³-hybridized carbons (Fsp3) is 0.632. The molecule has 0 saturated carbocycles. The molecule has 0 spiro atoms. The van der Waals surface area contributed by atoms with E-state index in [0.717, 1.165) is 64.4 Å². The molecule has 1 aliphatic rings. The Labute approximate surface area is 146 Å². The Morgan fingerprint density at radius 3 is 2.25 bits per heavy atom. The molecular formula is C19H31N3O2. The van der Waals surface area contributed by atoms with Crippen LogP contribution in [0.4, 0.5) is 4.79 Å². The van der Waals surface area contributed by atoms with Crippen molar-refractivity contribution in [3.8, 4) is 5.75 Å². The molecule has 1 fully saturated rings. The Kier molecular flexibility index (Phi) is 7.37. The quantitative estimate of drug-likeness (QED) is 0.770. The second kappa shape index (κ2) is 9.52. The lowest BCUT2D eigenvalue weighted by molar-refractivity contribution is 0.115. The van der Waals surface area contributed by atoms with Crippen LogP contribution >= 0.6 is 0 Å².